The lowest BCUT2D eigenvalue weighted by molar-refractivity contribution is 1.18. The fourth-order valence-electron chi connectivity index (χ4n) is 8.15. The molecule has 0 fully saturated rings. The van der Waals surface area contributed by atoms with Crippen LogP contribution in [0.3, 0.4) is 0 Å². The Kier molecular flexibility index (Phi) is 7.85. The molecule has 10 rings (SSSR count). The number of hydrogen-bond acceptors (Lipinski definition) is 1. The molecule has 0 aliphatic heterocycles. The molecule has 0 saturated carbocycles. The first-order chi connectivity index (χ1) is 26.8. The second-order valence-corrected chi connectivity index (χ2v) is 13.7. The molecular formula is C52H36N2. The molecule has 10 aromatic rings. The lowest BCUT2D eigenvalue weighted by Gasteiger charge is -2.30. The van der Waals surface area contributed by atoms with Gasteiger partial charge in [-0.3, -0.25) is 0 Å². The number of fused-ring (bicyclic) bond motifs is 4. The molecule has 0 radical (unpaired) electrons. The van der Waals surface area contributed by atoms with Gasteiger partial charge in [0.05, 0.1) is 28.1 Å². The molecule has 0 amide bonds. The van der Waals surface area contributed by atoms with Crippen molar-refractivity contribution in [1.82, 2.24) is 4.57 Å². The van der Waals surface area contributed by atoms with Gasteiger partial charge in [-0.05, 0) is 64.0 Å². The summed E-state index contributed by atoms with van der Waals surface area (Å²) in [6.07, 6.45) is 0. The highest BCUT2D eigenvalue weighted by Crippen LogP contribution is 2.49. The molecule has 9 aromatic carbocycles. The predicted molar refractivity (Wildman–Crippen MR) is 229 cm³/mol. The van der Waals surface area contributed by atoms with Gasteiger partial charge in [0.1, 0.15) is 0 Å². The molecule has 0 spiro atoms. The predicted octanol–water partition coefficient (Wildman–Crippen LogP) is 14.4. The van der Waals surface area contributed by atoms with E-state index in [1.54, 1.807) is 0 Å². The number of hydrogen-bond donors (Lipinski definition) is 0. The van der Waals surface area contributed by atoms with Crippen LogP contribution in [0.2, 0.25) is 0 Å². The molecule has 0 atom stereocenters. The lowest BCUT2D eigenvalue weighted by Crippen LogP contribution is -2.12. The second-order valence-electron chi connectivity index (χ2n) is 13.7. The van der Waals surface area contributed by atoms with E-state index in [4.69, 9.17) is 0 Å². The smallest absolute Gasteiger partial charge is 0.0618 e. The van der Waals surface area contributed by atoms with Crippen LogP contribution in [0, 0.1) is 0 Å². The Morgan fingerprint density at radius 3 is 1.63 bits per heavy atom. The molecule has 1 aromatic heterocycles. The van der Waals surface area contributed by atoms with Crippen LogP contribution in [0.4, 0.5) is 17.1 Å². The average Bonchev–Trinajstić information content (AvgIpc) is 3.60. The van der Waals surface area contributed by atoms with Crippen LogP contribution in [0.25, 0.3) is 71.6 Å². The maximum Gasteiger partial charge on any atom is 0.0618 e. The number of aromatic nitrogens is 1. The Labute approximate surface area is 315 Å². The summed E-state index contributed by atoms with van der Waals surface area (Å²) >= 11 is 0. The van der Waals surface area contributed by atoms with Crippen LogP contribution in [0.1, 0.15) is 0 Å². The molecule has 0 aliphatic carbocycles. The summed E-state index contributed by atoms with van der Waals surface area (Å²) in [6, 6.07) is 78.9. The monoisotopic (exact) mass is 688 g/mol. The molecule has 254 valence electrons. The quantitative estimate of drug-likeness (QED) is 0.162. The number of benzene rings is 9. The number of nitrogens with zero attached hydrogens (tertiary/aromatic N) is 2. The average molecular weight is 689 g/mol. The Bertz CT molecular complexity index is 2910. The van der Waals surface area contributed by atoms with E-state index in [0.717, 1.165) is 33.8 Å². The highest BCUT2D eigenvalue weighted by Gasteiger charge is 2.25. The zero-order chi connectivity index (χ0) is 35.8. The van der Waals surface area contributed by atoms with Gasteiger partial charge in [-0.15, -0.1) is 0 Å². The van der Waals surface area contributed by atoms with Gasteiger partial charge in [-0.25, -0.2) is 0 Å². The van der Waals surface area contributed by atoms with Crippen molar-refractivity contribution in [2.45, 2.75) is 0 Å². The topological polar surface area (TPSA) is 8.17 Å². The SMILES string of the molecule is c1ccc(-c2ccc(-c3ccccc3)c(-n3c4ccccc4c4c(N(c5ccccc5)c5c(-c6ccccc6)ccc6ccccc56)cccc43)c2)cc1. The molecule has 0 bridgehead atoms. The van der Waals surface area contributed by atoms with Gasteiger partial charge in [0, 0.05) is 33.0 Å². The maximum atomic E-state index is 2.49. The van der Waals surface area contributed by atoms with E-state index < -0.39 is 0 Å². The minimum absolute atomic E-state index is 1.10. The standard InChI is InChI=1S/C52H36N2/c1-5-18-37(19-6-1)41-33-34-43(38-20-7-2-8-21-38)50(36-41)54-47-29-16-15-28-46(47)51-48(30-17-31-49(51)54)53(42-25-11-4-12-26-42)52-44-27-14-13-24-40(44)32-35-45(52)39-22-9-3-10-23-39/h1-36H. The summed E-state index contributed by atoms with van der Waals surface area (Å²) in [5, 5.41) is 4.81. The first-order valence-electron chi connectivity index (χ1n) is 18.5. The molecule has 1 heterocycles. The van der Waals surface area contributed by atoms with Crippen LogP contribution >= 0.6 is 0 Å². The van der Waals surface area contributed by atoms with Crippen molar-refractivity contribution in [1.29, 1.82) is 0 Å². The van der Waals surface area contributed by atoms with Crippen molar-refractivity contribution >= 4 is 49.6 Å². The van der Waals surface area contributed by atoms with Gasteiger partial charge in [-0.2, -0.15) is 0 Å². The van der Waals surface area contributed by atoms with Crippen LogP contribution < -0.4 is 4.90 Å². The van der Waals surface area contributed by atoms with Crippen LogP contribution in [0.15, 0.2) is 218 Å². The van der Waals surface area contributed by atoms with Crippen LogP contribution in [0.5, 0.6) is 0 Å². The van der Waals surface area contributed by atoms with Crippen molar-refractivity contribution in [3.63, 3.8) is 0 Å². The third kappa shape index (κ3) is 5.36. The van der Waals surface area contributed by atoms with Gasteiger partial charge < -0.3 is 9.47 Å². The third-order valence-corrected chi connectivity index (χ3v) is 10.6. The van der Waals surface area contributed by atoms with Crippen molar-refractivity contribution in [3.05, 3.63) is 218 Å². The fourth-order valence-corrected chi connectivity index (χ4v) is 8.15. The Hall–Kier alpha value is -7.16. The molecular weight excluding hydrogens is 653 g/mol. The lowest BCUT2D eigenvalue weighted by atomic mass is 9.96. The minimum atomic E-state index is 1.10. The van der Waals surface area contributed by atoms with Gasteiger partial charge in [0.15, 0.2) is 0 Å². The molecule has 0 N–H and O–H groups in total. The molecule has 0 saturated heterocycles. The second kappa shape index (κ2) is 13.4. The van der Waals surface area contributed by atoms with Gasteiger partial charge in [0.2, 0.25) is 0 Å². The summed E-state index contributed by atoms with van der Waals surface area (Å²) in [5.74, 6) is 0. The van der Waals surface area contributed by atoms with Crippen molar-refractivity contribution < 1.29 is 0 Å². The van der Waals surface area contributed by atoms with E-state index in [1.165, 1.54) is 54.9 Å². The Morgan fingerprint density at radius 2 is 0.907 bits per heavy atom. The van der Waals surface area contributed by atoms with Crippen LogP contribution in [-0.2, 0) is 0 Å². The van der Waals surface area contributed by atoms with Crippen LogP contribution in [-0.4, -0.2) is 4.57 Å². The summed E-state index contributed by atoms with van der Waals surface area (Å²) in [7, 11) is 0. The largest absolute Gasteiger partial charge is 0.309 e. The van der Waals surface area contributed by atoms with E-state index in [9.17, 15) is 0 Å². The minimum Gasteiger partial charge on any atom is -0.309 e. The van der Waals surface area contributed by atoms with Crippen molar-refractivity contribution in [2.24, 2.45) is 0 Å². The molecule has 54 heavy (non-hydrogen) atoms. The normalized spacial score (nSPS) is 11.3. The third-order valence-electron chi connectivity index (χ3n) is 10.6. The first kappa shape index (κ1) is 31.6. The van der Waals surface area contributed by atoms with E-state index >= 15 is 0 Å². The van der Waals surface area contributed by atoms with E-state index in [0.29, 0.717) is 0 Å². The first-order valence-corrected chi connectivity index (χ1v) is 18.5. The highest BCUT2D eigenvalue weighted by atomic mass is 15.2. The Morgan fingerprint density at radius 1 is 0.352 bits per heavy atom. The summed E-state index contributed by atoms with van der Waals surface area (Å²) < 4.78 is 2.48. The number of para-hydroxylation sites is 2. The summed E-state index contributed by atoms with van der Waals surface area (Å²) in [6.45, 7) is 0. The maximum absolute atomic E-state index is 2.49. The van der Waals surface area contributed by atoms with E-state index in [-0.39, 0.29) is 0 Å². The van der Waals surface area contributed by atoms with E-state index in [2.05, 4.69) is 228 Å². The molecule has 0 unspecified atom stereocenters. The zero-order valence-corrected chi connectivity index (χ0v) is 29.7. The van der Waals surface area contributed by atoms with Gasteiger partial charge >= 0.3 is 0 Å². The molecule has 0 aliphatic rings. The highest BCUT2D eigenvalue weighted by molar-refractivity contribution is 6.18. The summed E-state index contributed by atoms with van der Waals surface area (Å²) in [4.78, 5) is 2.49. The summed E-state index contributed by atoms with van der Waals surface area (Å²) in [5.41, 5.74) is 14.0. The number of rotatable bonds is 7. The van der Waals surface area contributed by atoms with Gasteiger partial charge in [0.25, 0.3) is 0 Å². The van der Waals surface area contributed by atoms with Crippen molar-refractivity contribution in [3.8, 4) is 39.1 Å². The Balaban J connectivity index is 1.32. The van der Waals surface area contributed by atoms with Crippen molar-refractivity contribution in [2.75, 3.05) is 4.90 Å². The van der Waals surface area contributed by atoms with E-state index in [1.807, 2.05) is 0 Å². The number of anilines is 3. The zero-order valence-electron chi connectivity index (χ0n) is 29.7. The fraction of sp³-hybridized carbons (Fsp3) is 0. The van der Waals surface area contributed by atoms with Gasteiger partial charge in [-0.1, -0.05) is 182 Å². The molecule has 2 nitrogen and oxygen atoms in total. The molecule has 2 heteroatoms.